The molecule has 1 heterocycles. The van der Waals surface area contributed by atoms with Crippen LogP contribution in [0.25, 0.3) is 0 Å². The molecular weight excluding hydrogens is 261 g/mol. The molecule has 3 rings (SSSR count). The number of halogens is 1. The van der Waals surface area contributed by atoms with Gasteiger partial charge in [-0.1, -0.05) is 0 Å². The summed E-state index contributed by atoms with van der Waals surface area (Å²) in [6.45, 7) is 1.99. The maximum atomic E-state index is 13.3. The first-order valence-electron chi connectivity index (χ1n) is 6.26. The van der Waals surface area contributed by atoms with Crippen molar-refractivity contribution in [3.8, 4) is 23.0 Å². The van der Waals surface area contributed by atoms with E-state index in [1.54, 1.807) is 31.2 Å². The Hall–Kier alpha value is -2.27. The molecule has 2 aromatic rings. The van der Waals surface area contributed by atoms with Crippen molar-refractivity contribution in [2.24, 2.45) is 5.73 Å². The second kappa shape index (κ2) is 5.02. The summed E-state index contributed by atoms with van der Waals surface area (Å²) in [7, 11) is 0. The number of benzene rings is 2. The fraction of sp³-hybridized carbons (Fsp3) is 0.200. The lowest BCUT2D eigenvalue weighted by molar-refractivity contribution is 0.174. The van der Waals surface area contributed by atoms with Gasteiger partial charge in [-0.15, -0.1) is 0 Å². The van der Waals surface area contributed by atoms with Gasteiger partial charge in [0.1, 0.15) is 17.3 Å². The van der Waals surface area contributed by atoms with Crippen molar-refractivity contribution < 1.29 is 18.6 Å². The van der Waals surface area contributed by atoms with Crippen LogP contribution in [-0.2, 0) is 0 Å². The van der Waals surface area contributed by atoms with Crippen LogP contribution in [0.1, 0.15) is 18.5 Å². The van der Waals surface area contributed by atoms with E-state index in [0.29, 0.717) is 28.6 Å². The fourth-order valence-electron chi connectivity index (χ4n) is 2.04. The van der Waals surface area contributed by atoms with Crippen LogP contribution in [0.4, 0.5) is 4.39 Å². The summed E-state index contributed by atoms with van der Waals surface area (Å²) in [4.78, 5) is 0. The zero-order valence-corrected chi connectivity index (χ0v) is 10.9. The predicted molar refractivity (Wildman–Crippen MR) is 71.6 cm³/mol. The Kier molecular flexibility index (Phi) is 3.20. The highest BCUT2D eigenvalue weighted by Crippen LogP contribution is 2.37. The molecular formula is C15H14FNO3. The molecule has 1 atom stereocenters. The minimum atomic E-state index is -0.338. The Labute approximate surface area is 115 Å². The average Bonchev–Trinajstić information content (AvgIpc) is 2.88. The van der Waals surface area contributed by atoms with Crippen molar-refractivity contribution in [2.45, 2.75) is 13.0 Å². The highest BCUT2D eigenvalue weighted by molar-refractivity contribution is 5.49. The quantitative estimate of drug-likeness (QED) is 0.933. The molecule has 0 fully saturated rings. The van der Waals surface area contributed by atoms with E-state index in [0.717, 1.165) is 0 Å². The number of ether oxygens (including phenoxy) is 3. The maximum Gasteiger partial charge on any atom is 0.231 e. The molecule has 0 radical (unpaired) electrons. The smallest absolute Gasteiger partial charge is 0.231 e. The van der Waals surface area contributed by atoms with Crippen LogP contribution in [0.3, 0.4) is 0 Å². The van der Waals surface area contributed by atoms with E-state index < -0.39 is 0 Å². The summed E-state index contributed by atoms with van der Waals surface area (Å²) >= 11 is 0. The highest BCUT2D eigenvalue weighted by Gasteiger charge is 2.15. The van der Waals surface area contributed by atoms with Crippen LogP contribution in [0, 0.1) is 5.82 Å². The Bertz CT molecular complexity index is 643. The van der Waals surface area contributed by atoms with Crippen LogP contribution >= 0.6 is 0 Å². The van der Waals surface area contributed by atoms with E-state index in [1.165, 1.54) is 12.1 Å². The molecule has 2 N–H and O–H groups in total. The standard InChI is InChI=1S/C15H14FNO3/c1-9(17)12-6-10(16)2-4-13(12)20-11-3-5-14-15(7-11)19-8-18-14/h2-7,9H,8,17H2,1H3/t9-/m0/s1. The van der Waals surface area contributed by atoms with Crippen molar-refractivity contribution >= 4 is 0 Å². The first-order valence-corrected chi connectivity index (χ1v) is 6.26. The van der Waals surface area contributed by atoms with Gasteiger partial charge in [0.15, 0.2) is 11.5 Å². The predicted octanol–water partition coefficient (Wildman–Crippen LogP) is 3.37. The molecule has 5 heteroatoms. The fourth-order valence-corrected chi connectivity index (χ4v) is 2.04. The molecule has 0 saturated carbocycles. The molecule has 20 heavy (non-hydrogen) atoms. The van der Waals surface area contributed by atoms with Gasteiger partial charge >= 0.3 is 0 Å². The molecule has 0 aliphatic carbocycles. The van der Waals surface area contributed by atoms with E-state index in [-0.39, 0.29) is 18.7 Å². The molecule has 0 bridgehead atoms. The molecule has 1 aliphatic heterocycles. The van der Waals surface area contributed by atoms with Crippen molar-refractivity contribution in [3.63, 3.8) is 0 Å². The zero-order valence-electron chi connectivity index (χ0n) is 10.9. The minimum Gasteiger partial charge on any atom is -0.457 e. The Balaban J connectivity index is 1.91. The van der Waals surface area contributed by atoms with Crippen molar-refractivity contribution in [2.75, 3.05) is 6.79 Å². The number of hydrogen-bond acceptors (Lipinski definition) is 4. The zero-order chi connectivity index (χ0) is 14.1. The van der Waals surface area contributed by atoms with Crippen molar-refractivity contribution in [1.29, 1.82) is 0 Å². The third-order valence-electron chi connectivity index (χ3n) is 3.03. The van der Waals surface area contributed by atoms with E-state index in [1.807, 2.05) is 0 Å². The lowest BCUT2D eigenvalue weighted by Gasteiger charge is -2.14. The Morgan fingerprint density at radius 2 is 1.95 bits per heavy atom. The minimum absolute atomic E-state index is 0.209. The average molecular weight is 275 g/mol. The van der Waals surface area contributed by atoms with Gasteiger partial charge in [0.2, 0.25) is 6.79 Å². The molecule has 104 valence electrons. The summed E-state index contributed by atoms with van der Waals surface area (Å²) in [5.41, 5.74) is 6.45. The van der Waals surface area contributed by atoms with E-state index in [4.69, 9.17) is 19.9 Å². The van der Waals surface area contributed by atoms with Crippen LogP contribution < -0.4 is 19.9 Å². The number of nitrogens with two attached hydrogens (primary N) is 1. The van der Waals surface area contributed by atoms with Crippen LogP contribution in [0.15, 0.2) is 36.4 Å². The second-order valence-corrected chi connectivity index (χ2v) is 4.59. The lowest BCUT2D eigenvalue weighted by atomic mass is 10.1. The van der Waals surface area contributed by atoms with Crippen LogP contribution in [0.5, 0.6) is 23.0 Å². The number of hydrogen-bond donors (Lipinski definition) is 1. The first-order chi connectivity index (χ1) is 9.63. The summed E-state index contributed by atoms with van der Waals surface area (Å²) in [5.74, 6) is 2.09. The summed E-state index contributed by atoms with van der Waals surface area (Å²) in [5, 5.41) is 0. The van der Waals surface area contributed by atoms with E-state index in [9.17, 15) is 4.39 Å². The van der Waals surface area contributed by atoms with E-state index in [2.05, 4.69) is 0 Å². The molecule has 0 saturated heterocycles. The molecule has 0 amide bonds. The SMILES string of the molecule is C[C@H](N)c1cc(F)ccc1Oc1ccc2c(c1)OCO2. The summed E-state index contributed by atoms with van der Waals surface area (Å²) in [6.07, 6.45) is 0. The third kappa shape index (κ3) is 2.40. The molecule has 4 nitrogen and oxygen atoms in total. The van der Waals surface area contributed by atoms with Gasteiger partial charge in [0, 0.05) is 17.7 Å². The van der Waals surface area contributed by atoms with Crippen LogP contribution in [0.2, 0.25) is 0 Å². The van der Waals surface area contributed by atoms with E-state index >= 15 is 0 Å². The maximum absolute atomic E-state index is 13.3. The normalized spacial score (nSPS) is 14.2. The monoisotopic (exact) mass is 275 g/mol. The summed E-state index contributed by atoms with van der Waals surface area (Å²) in [6, 6.07) is 9.24. The molecule has 0 spiro atoms. The van der Waals surface area contributed by atoms with Gasteiger partial charge in [-0.05, 0) is 37.3 Å². The summed E-state index contributed by atoms with van der Waals surface area (Å²) < 4.78 is 29.6. The van der Waals surface area contributed by atoms with Gasteiger partial charge in [-0.2, -0.15) is 0 Å². The van der Waals surface area contributed by atoms with Gasteiger partial charge in [0.25, 0.3) is 0 Å². The molecule has 1 aliphatic rings. The van der Waals surface area contributed by atoms with Crippen molar-refractivity contribution in [1.82, 2.24) is 0 Å². The number of rotatable bonds is 3. The molecule has 0 aromatic heterocycles. The molecule has 0 unspecified atom stereocenters. The third-order valence-corrected chi connectivity index (χ3v) is 3.03. The Morgan fingerprint density at radius 1 is 1.15 bits per heavy atom. The van der Waals surface area contributed by atoms with Crippen LogP contribution in [-0.4, -0.2) is 6.79 Å². The van der Waals surface area contributed by atoms with Gasteiger partial charge in [0.05, 0.1) is 0 Å². The topological polar surface area (TPSA) is 53.7 Å². The highest BCUT2D eigenvalue weighted by atomic mass is 19.1. The Morgan fingerprint density at radius 3 is 2.75 bits per heavy atom. The lowest BCUT2D eigenvalue weighted by Crippen LogP contribution is -2.07. The largest absolute Gasteiger partial charge is 0.457 e. The second-order valence-electron chi connectivity index (χ2n) is 4.59. The first kappa shape index (κ1) is 12.7. The van der Waals surface area contributed by atoms with Gasteiger partial charge in [-0.3, -0.25) is 0 Å². The van der Waals surface area contributed by atoms with Gasteiger partial charge in [-0.25, -0.2) is 4.39 Å². The molecule has 2 aromatic carbocycles. The van der Waals surface area contributed by atoms with Crippen molar-refractivity contribution in [3.05, 3.63) is 47.8 Å². The number of fused-ring (bicyclic) bond motifs is 1. The van der Waals surface area contributed by atoms with Gasteiger partial charge < -0.3 is 19.9 Å².